The van der Waals surface area contributed by atoms with Gasteiger partial charge in [-0.2, -0.15) is 8.78 Å². The average Bonchev–Trinajstić information content (AvgIpc) is 3.44. The number of nitrogens with one attached hydrogen (secondary N) is 2. The number of rotatable bonds is 7. The first-order valence-corrected chi connectivity index (χ1v) is 9.99. The van der Waals surface area contributed by atoms with E-state index in [1.807, 2.05) is 0 Å². The second-order valence-electron chi connectivity index (χ2n) is 6.69. The molecule has 1 heterocycles. The molecule has 2 N–H and O–H groups in total. The van der Waals surface area contributed by atoms with Crippen LogP contribution in [-0.2, 0) is 11.3 Å². The van der Waals surface area contributed by atoms with Gasteiger partial charge in [0.1, 0.15) is 6.54 Å². The summed E-state index contributed by atoms with van der Waals surface area (Å²) in [4.78, 5) is 29.3. The number of nitrogens with zero attached hydrogens (tertiary/aromatic N) is 2. The van der Waals surface area contributed by atoms with Crippen LogP contribution in [0.4, 0.5) is 14.5 Å². The number of aromatic nitrogens is 2. The van der Waals surface area contributed by atoms with E-state index in [2.05, 4.69) is 15.6 Å². The van der Waals surface area contributed by atoms with Gasteiger partial charge in [0.05, 0.1) is 22.3 Å². The normalized spacial score (nSPS) is 13.6. The molecule has 2 aromatic carbocycles. The van der Waals surface area contributed by atoms with Crippen LogP contribution in [0.25, 0.3) is 11.0 Å². The Bertz CT molecular complexity index is 1070. The fourth-order valence-electron chi connectivity index (χ4n) is 2.99. The Morgan fingerprint density at radius 1 is 1.14 bits per heavy atom. The molecule has 0 unspecified atom stereocenters. The number of anilines is 1. The van der Waals surface area contributed by atoms with Crippen LogP contribution in [0.2, 0.25) is 0 Å². The Hall–Kier alpha value is -2.94. The average molecular weight is 416 g/mol. The summed E-state index contributed by atoms with van der Waals surface area (Å²) in [5.41, 5.74) is 1.87. The molecule has 1 fully saturated rings. The van der Waals surface area contributed by atoms with Crippen molar-refractivity contribution in [2.75, 3.05) is 5.32 Å². The molecule has 0 aliphatic heterocycles. The third kappa shape index (κ3) is 4.56. The summed E-state index contributed by atoms with van der Waals surface area (Å²) in [5, 5.41) is 5.68. The van der Waals surface area contributed by atoms with E-state index < -0.39 is 11.7 Å². The fraction of sp³-hybridized carbons (Fsp3) is 0.250. The van der Waals surface area contributed by atoms with Gasteiger partial charge in [0.2, 0.25) is 5.91 Å². The lowest BCUT2D eigenvalue weighted by atomic mass is 10.1. The van der Waals surface area contributed by atoms with Crippen molar-refractivity contribution in [3.63, 3.8) is 0 Å². The van der Waals surface area contributed by atoms with Crippen LogP contribution < -0.4 is 10.6 Å². The van der Waals surface area contributed by atoms with E-state index in [4.69, 9.17) is 0 Å². The standard InChI is InChI=1S/C20H18F2N4O2S/c21-19(22)29-20-25-15-7-3-4-8-16(15)26(20)11-17(27)24-14-6-2-1-5-13(14)18(28)23-12-9-10-12/h1-8,12,19H,9-11H2,(H,23,28)(H,24,27). The smallest absolute Gasteiger partial charge is 0.291 e. The molecule has 0 radical (unpaired) electrons. The number of carbonyl (C=O) groups excluding carboxylic acids is 2. The van der Waals surface area contributed by atoms with E-state index in [-0.39, 0.29) is 23.7 Å². The molecule has 0 spiro atoms. The van der Waals surface area contributed by atoms with E-state index in [0.717, 1.165) is 12.8 Å². The maximum Gasteiger partial charge on any atom is 0.291 e. The number of alkyl halides is 2. The fourth-order valence-corrected chi connectivity index (χ4v) is 3.59. The van der Waals surface area contributed by atoms with Gasteiger partial charge in [-0.05, 0) is 48.9 Å². The van der Waals surface area contributed by atoms with E-state index >= 15 is 0 Å². The van der Waals surface area contributed by atoms with E-state index in [9.17, 15) is 18.4 Å². The van der Waals surface area contributed by atoms with Crippen molar-refractivity contribution < 1.29 is 18.4 Å². The topological polar surface area (TPSA) is 76.0 Å². The van der Waals surface area contributed by atoms with Gasteiger partial charge in [0.25, 0.3) is 11.7 Å². The molecule has 2 amide bonds. The SMILES string of the molecule is O=C(Cn1c(SC(F)F)nc2ccccc21)Nc1ccccc1C(=O)NC1CC1. The Labute approximate surface area is 169 Å². The predicted octanol–water partition coefficient (Wildman–Crippen LogP) is 3.88. The number of hydrogen-bond acceptors (Lipinski definition) is 4. The molecule has 0 saturated heterocycles. The molecule has 6 nitrogen and oxygen atoms in total. The van der Waals surface area contributed by atoms with E-state index in [0.29, 0.717) is 34.0 Å². The summed E-state index contributed by atoms with van der Waals surface area (Å²) in [6.45, 7) is -0.200. The second-order valence-corrected chi connectivity index (χ2v) is 7.65. The number of amides is 2. The molecule has 150 valence electrons. The molecule has 0 bridgehead atoms. The first-order valence-electron chi connectivity index (χ1n) is 9.11. The molecule has 1 aliphatic carbocycles. The summed E-state index contributed by atoms with van der Waals surface area (Å²) in [6, 6.07) is 13.8. The van der Waals surface area contributed by atoms with Crippen molar-refractivity contribution >= 4 is 40.3 Å². The molecule has 1 saturated carbocycles. The molecular formula is C20H18F2N4O2S. The minimum absolute atomic E-state index is 0.0658. The van der Waals surface area contributed by atoms with Crippen LogP contribution in [0.5, 0.6) is 0 Å². The lowest BCUT2D eigenvalue weighted by molar-refractivity contribution is -0.116. The number of hydrogen-bond donors (Lipinski definition) is 2. The second kappa shape index (κ2) is 8.20. The highest BCUT2D eigenvalue weighted by Crippen LogP contribution is 2.28. The van der Waals surface area contributed by atoms with Crippen molar-refractivity contribution in [3.8, 4) is 0 Å². The van der Waals surface area contributed by atoms with Gasteiger partial charge in [-0.1, -0.05) is 24.3 Å². The molecule has 0 atom stereocenters. The van der Waals surface area contributed by atoms with Gasteiger partial charge in [-0.15, -0.1) is 0 Å². The van der Waals surface area contributed by atoms with Crippen molar-refractivity contribution in [1.29, 1.82) is 0 Å². The third-order valence-electron chi connectivity index (χ3n) is 4.47. The van der Waals surface area contributed by atoms with Gasteiger partial charge >= 0.3 is 0 Å². The number of fused-ring (bicyclic) bond motifs is 1. The molecule has 9 heteroatoms. The summed E-state index contributed by atoms with van der Waals surface area (Å²) >= 11 is 0.295. The maximum atomic E-state index is 12.9. The summed E-state index contributed by atoms with van der Waals surface area (Å²) in [6.07, 6.45) is 1.91. The minimum atomic E-state index is -2.65. The molecule has 1 aliphatic rings. The van der Waals surface area contributed by atoms with Gasteiger partial charge in [-0.25, -0.2) is 4.98 Å². The van der Waals surface area contributed by atoms with Crippen LogP contribution in [0.15, 0.2) is 53.7 Å². The number of imidazole rings is 1. The Kier molecular flexibility index (Phi) is 5.48. The van der Waals surface area contributed by atoms with Gasteiger partial charge < -0.3 is 15.2 Å². The lowest BCUT2D eigenvalue weighted by Gasteiger charge is -2.13. The molecule has 4 rings (SSSR count). The van der Waals surface area contributed by atoms with Gasteiger partial charge in [0.15, 0.2) is 5.16 Å². The first-order chi connectivity index (χ1) is 14.0. The number of para-hydroxylation sites is 3. The zero-order valence-corrected chi connectivity index (χ0v) is 16.1. The molecule has 29 heavy (non-hydrogen) atoms. The zero-order valence-electron chi connectivity index (χ0n) is 15.3. The maximum absolute atomic E-state index is 12.9. The summed E-state index contributed by atoms with van der Waals surface area (Å²) in [5.74, 6) is -3.33. The van der Waals surface area contributed by atoms with Crippen molar-refractivity contribution in [1.82, 2.24) is 14.9 Å². The number of halogens is 2. The van der Waals surface area contributed by atoms with E-state index in [1.165, 1.54) is 4.57 Å². The lowest BCUT2D eigenvalue weighted by Crippen LogP contribution is -2.27. The number of carbonyl (C=O) groups is 2. The predicted molar refractivity (Wildman–Crippen MR) is 107 cm³/mol. The first kappa shape index (κ1) is 19.4. The molecule has 3 aromatic rings. The summed E-state index contributed by atoms with van der Waals surface area (Å²) < 4.78 is 27.3. The van der Waals surface area contributed by atoms with Crippen LogP contribution >= 0.6 is 11.8 Å². The highest BCUT2D eigenvalue weighted by molar-refractivity contribution is 7.99. The van der Waals surface area contributed by atoms with Gasteiger partial charge in [-0.3, -0.25) is 9.59 Å². The molecule has 1 aromatic heterocycles. The third-order valence-corrected chi connectivity index (χ3v) is 5.17. The van der Waals surface area contributed by atoms with Crippen LogP contribution in [0.3, 0.4) is 0 Å². The Morgan fingerprint density at radius 3 is 2.62 bits per heavy atom. The summed E-state index contributed by atoms with van der Waals surface area (Å²) in [7, 11) is 0. The van der Waals surface area contributed by atoms with Crippen LogP contribution in [0.1, 0.15) is 23.2 Å². The van der Waals surface area contributed by atoms with Crippen molar-refractivity contribution in [3.05, 3.63) is 54.1 Å². The van der Waals surface area contributed by atoms with Crippen LogP contribution in [0, 0.1) is 0 Å². The number of thioether (sulfide) groups is 1. The minimum Gasteiger partial charge on any atom is -0.349 e. The quantitative estimate of drug-likeness (QED) is 0.573. The highest BCUT2D eigenvalue weighted by atomic mass is 32.2. The monoisotopic (exact) mass is 416 g/mol. The largest absolute Gasteiger partial charge is 0.349 e. The number of benzene rings is 2. The molecular weight excluding hydrogens is 398 g/mol. The Balaban J connectivity index is 1.56. The van der Waals surface area contributed by atoms with Crippen molar-refractivity contribution in [2.24, 2.45) is 0 Å². The van der Waals surface area contributed by atoms with Crippen molar-refractivity contribution in [2.45, 2.75) is 36.3 Å². The zero-order chi connectivity index (χ0) is 20.4. The van der Waals surface area contributed by atoms with E-state index in [1.54, 1.807) is 48.5 Å². The van der Waals surface area contributed by atoms with Gasteiger partial charge in [0, 0.05) is 6.04 Å². The highest BCUT2D eigenvalue weighted by Gasteiger charge is 2.25. The van der Waals surface area contributed by atoms with Crippen LogP contribution in [-0.4, -0.2) is 33.2 Å². The Morgan fingerprint density at radius 2 is 1.86 bits per heavy atom.